The highest BCUT2D eigenvalue weighted by Gasteiger charge is 2.33. The molecule has 8 nitrogen and oxygen atoms in total. The van der Waals surface area contributed by atoms with E-state index in [1.165, 1.54) is 28.0 Å². The Morgan fingerprint density at radius 3 is 2.77 bits per heavy atom. The monoisotopic (exact) mass is 455 g/mol. The van der Waals surface area contributed by atoms with Crippen molar-refractivity contribution in [3.8, 4) is 0 Å². The second-order valence-electron chi connectivity index (χ2n) is 6.63. The Balaban J connectivity index is 1.96. The van der Waals surface area contributed by atoms with Crippen molar-refractivity contribution in [1.82, 2.24) is 4.57 Å². The average molecular weight is 456 g/mol. The van der Waals surface area contributed by atoms with Gasteiger partial charge in [-0.15, -0.1) is 11.3 Å². The second-order valence-corrected chi connectivity index (χ2v) is 8.62. The molecule has 1 aliphatic heterocycles. The van der Waals surface area contributed by atoms with Crippen molar-refractivity contribution < 1.29 is 14.5 Å². The first-order chi connectivity index (χ1) is 14.9. The van der Waals surface area contributed by atoms with Crippen molar-refractivity contribution in [3.05, 3.63) is 93.3 Å². The molecular formula is C21H17N3O5S2. The molecule has 0 amide bonds. The summed E-state index contributed by atoms with van der Waals surface area (Å²) in [5, 5.41) is 13.2. The third-order valence-electron chi connectivity index (χ3n) is 4.75. The predicted molar refractivity (Wildman–Crippen MR) is 118 cm³/mol. The third kappa shape index (κ3) is 3.75. The van der Waals surface area contributed by atoms with Gasteiger partial charge in [0.25, 0.3) is 11.2 Å². The molecule has 31 heavy (non-hydrogen) atoms. The van der Waals surface area contributed by atoms with Crippen molar-refractivity contribution >= 4 is 40.4 Å². The van der Waals surface area contributed by atoms with E-state index >= 15 is 0 Å². The van der Waals surface area contributed by atoms with E-state index in [0.717, 1.165) is 16.2 Å². The molecule has 0 unspecified atom stereocenters. The number of carbonyl (C=O) groups excluding carboxylic acids is 1. The van der Waals surface area contributed by atoms with Crippen LogP contribution in [0.3, 0.4) is 0 Å². The van der Waals surface area contributed by atoms with Crippen LogP contribution in [-0.2, 0) is 9.53 Å². The maximum atomic E-state index is 13.4. The Morgan fingerprint density at radius 2 is 2.10 bits per heavy atom. The molecule has 10 heteroatoms. The molecule has 4 rings (SSSR count). The highest BCUT2D eigenvalue weighted by atomic mass is 32.1. The first-order valence-corrected chi connectivity index (χ1v) is 11.1. The van der Waals surface area contributed by atoms with Crippen LogP contribution in [0, 0.1) is 10.1 Å². The minimum atomic E-state index is -0.664. The molecule has 0 N–H and O–H groups in total. The molecule has 2 aromatic heterocycles. The Morgan fingerprint density at radius 1 is 1.32 bits per heavy atom. The molecule has 1 aromatic carbocycles. The fourth-order valence-corrected chi connectivity index (χ4v) is 5.29. The number of allylic oxidation sites excluding steroid dienone is 1. The lowest BCUT2D eigenvalue weighted by molar-refractivity contribution is -0.385. The van der Waals surface area contributed by atoms with Gasteiger partial charge in [-0.25, -0.2) is 9.79 Å². The van der Waals surface area contributed by atoms with Crippen molar-refractivity contribution in [3.63, 3.8) is 0 Å². The summed E-state index contributed by atoms with van der Waals surface area (Å²) < 4.78 is 7.00. The summed E-state index contributed by atoms with van der Waals surface area (Å²) in [4.78, 5) is 42.7. The summed E-state index contributed by atoms with van der Waals surface area (Å²) in [7, 11) is 0. The minimum Gasteiger partial charge on any atom is -0.463 e. The van der Waals surface area contributed by atoms with Gasteiger partial charge in [-0.2, -0.15) is 0 Å². The Hall–Kier alpha value is -3.37. The highest BCUT2D eigenvalue weighted by molar-refractivity contribution is 7.10. The van der Waals surface area contributed by atoms with Gasteiger partial charge in [-0.05, 0) is 37.4 Å². The van der Waals surface area contributed by atoms with Gasteiger partial charge in [0.05, 0.1) is 32.9 Å². The minimum absolute atomic E-state index is 0.0912. The largest absolute Gasteiger partial charge is 0.463 e. The fourth-order valence-electron chi connectivity index (χ4n) is 3.42. The van der Waals surface area contributed by atoms with Crippen LogP contribution in [0.5, 0.6) is 0 Å². The van der Waals surface area contributed by atoms with Crippen molar-refractivity contribution in [2.75, 3.05) is 6.61 Å². The number of esters is 1. The van der Waals surface area contributed by atoms with Crippen molar-refractivity contribution in [2.24, 2.45) is 4.99 Å². The van der Waals surface area contributed by atoms with E-state index in [-0.39, 0.29) is 17.9 Å². The maximum absolute atomic E-state index is 13.4. The van der Waals surface area contributed by atoms with Crippen molar-refractivity contribution in [1.29, 1.82) is 0 Å². The van der Waals surface area contributed by atoms with Gasteiger partial charge in [0.15, 0.2) is 4.80 Å². The van der Waals surface area contributed by atoms with Gasteiger partial charge in [-0.3, -0.25) is 19.5 Å². The van der Waals surface area contributed by atoms with Crippen molar-refractivity contribution in [2.45, 2.75) is 19.9 Å². The van der Waals surface area contributed by atoms with E-state index in [0.29, 0.717) is 26.2 Å². The quantitative estimate of drug-likeness (QED) is 0.334. The summed E-state index contributed by atoms with van der Waals surface area (Å²) in [5.74, 6) is -0.518. The summed E-state index contributed by atoms with van der Waals surface area (Å²) in [6, 6.07) is 9.26. The van der Waals surface area contributed by atoms with E-state index < -0.39 is 16.9 Å². The molecule has 3 heterocycles. The van der Waals surface area contributed by atoms with Crippen LogP contribution in [0.1, 0.15) is 30.3 Å². The Bertz CT molecular complexity index is 1380. The number of ether oxygens (including phenoxy) is 1. The van der Waals surface area contributed by atoms with Crippen LogP contribution >= 0.6 is 22.7 Å². The molecule has 0 bridgehead atoms. The number of hydrogen-bond acceptors (Lipinski definition) is 8. The van der Waals surface area contributed by atoms with Crippen LogP contribution < -0.4 is 14.9 Å². The fraction of sp³-hybridized carbons (Fsp3) is 0.190. The standard InChI is InChI=1S/C21H17N3O5S2/c1-3-29-20(26)17-12(2)22-21-23(18(17)15-9-6-10-30-15)19(25)16(31-21)11-13-7-4-5-8-14(13)24(27)28/h4-11,18H,3H2,1-2H3/b16-11+/t18-/m1/s1. The first kappa shape index (κ1) is 20.9. The van der Waals surface area contributed by atoms with Gasteiger partial charge in [0.2, 0.25) is 0 Å². The zero-order valence-electron chi connectivity index (χ0n) is 16.6. The van der Waals surface area contributed by atoms with Gasteiger partial charge >= 0.3 is 5.97 Å². The number of nitro benzene ring substituents is 1. The Labute approximate surface area is 184 Å². The number of thiophene rings is 1. The molecular weight excluding hydrogens is 438 g/mol. The summed E-state index contributed by atoms with van der Waals surface area (Å²) in [5.41, 5.74) is 0.664. The van der Waals surface area contributed by atoms with Gasteiger partial charge in [-0.1, -0.05) is 29.5 Å². The molecule has 0 spiro atoms. The predicted octanol–water partition coefficient (Wildman–Crippen LogP) is 2.77. The van der Waals surface area contributed by atoms with E-state index in [1.807, 2.05) is 17.5 Å². The summed E-state index contributed by atoms with van der Waals surface area (Å²) in [6.45, 7) is 3.64. The van der Waals surface area contributed by atoms with Crippen LogP contribution in [0.25, 0.3) is 6.08 Å². The topological polar surface area (TPSA) is 104 Å². The number of nitrogens with zero attached hydrogens (tertiary/aromatic N) is 3. The number of aromatic nitrogens is 1. The molecule has 1 aliphatic rings. The normalized spacial score (nSPS) is 16.1. The van der Waals surface area contributed by atoms with E-state index in [4.69, 9.17) is 4.74 Å². The zero-order valence-corrected chi connectivity index (χ0v) is 18.2. The number of rotatable bonds is 5. The lowest BCUT2D eigenvalue weighted by Gasteiger charge is -2.23. The van der Waals surface area contributed by atoms with Gasteiger partial charge in [0.1, 0.15) is 6.04 Å². The molecule has 0 saturated heterocycles. The van der Waals surface area contributed by atoms with Gasteiger partial charge < -0.3 is 4.74 Å². The van der Waals surface area contributed by atoms with Gasteiger partial charge in [0, 0.05) is 10.9 Å². The van der Waals surface area contributed by atoms with Crippen LogP contribution in [0.15, 0.2) is 62.8 Å². The number of thiazole rings is 1. The zero-order chi connectivity index (χ0) is 22.1. The summed E-state index contributed by atoms with van der Waals surface area (Å²) in [6.07, 6.45) is 1.50. The maximum Gasteiger partial charge on any atom is 0.338 e. The molecule has 158 valence electrons. The molecule has 0 saturated carbocycles. The molecule has 0 aliphatic carbocycles. The smallest absolute Gasteiger partial charge is 0.338 e. The number of benzene rings is 1. The lowest BCUT2D eigenvalue weighted by atomic mass is 10.0. The second kappa shape index (κ2) is 8.40. The van der Waals surface area contributed by atoms with Crippen LogP contribution in [0.2, 0.25) is 0 Å². The van der Waals surface area contributed by atoms with E-state index in [9.17, 15) is 19.7 Å². The number of para-hydroxylation sites is 1. The SMILES string of the molecule is CCOC(=O)C1=C(C)N=c2s/c(=C/c3ccccc3[N+](=O)[O-])c(=O)n2[C@@H]1c1cccs1. The van der Waals surface area contributed by atoms with E-state index in [1.54, 1.807) is 32.0 Å². The molecule has 1 atom stereocenters. The highest BCUT2D eigenvalue weighted by Crippen LogP contribution is 2.33. The average Bonchev–Trinajstić information content (AvgIpc) is 3.36. The molecule has 0 radical (unpaired) electrons. The Kier molecular flexibility index (Phi) is 5.66. The first-order valence-electron chi connectivity index (χ1n) is 9.39. The third-order valence-corrected chi connectivity index (χ3v) is 6.66. The van der Waals surface area contributed by atoms with Crippen LogP contribution in [-0.4, -0.2) is 22.1 Å². The molecule has 0 fully saturated rings. The molecule has 3 aromatic rings. The van der Waals surface area contributed by atoms with E-state index in [2.05, 4.69) is 4.99 Å². The number of fused-ring (bicyclic) bond motifs is 1. The number of nitro groups is 1. The number of hydrogen-bond donors (Lipinski definition) is 0. The number of carbonyl (C=O) groups is 1. The summed E-state index contributed by atoms with van der Waals surface area (Å²) >= 11 is 2.56. The lowest BCUT2D eigenvalue weighted by Crippen LogP contribution is -2.39. The van der Waals surface area contributed by atoms with Crippen LogP contribution in [0.4, 0.5) is 5.69 Å².